The van der Waals surface area contributed by atoms with E-state index in [-0.39, 0.29) is 0 Å². The fraction of sp³-hybridized carbons (Fsp3) is 0. The van der Waals surface area contributed by atoms with Crippen molar-refractivity contribution < 1.29 is 0 Å². The van der Waals surface area contributed by atoms with Gasteiger partial charge in [-0.05, 0) is 124 Å². The van der Waals surface area contributed by atoms with Crippen LogP contribution < -0.4 is 0 Å². The van der Waals surface area contributed by atoms with E-state index in [0.717, 1.165) is 122 Å². The summed E-state index contributed by atoms with van der Waals surface area (Å²) >= 11 is 0. The van der Waals surface area contributed by atoms with Crippen LogP contribution in [0.2, 0.25) is 0 Å². The molecule has 8 nitrogen and oxygen atoms in total. The summed E-state index contributed by atoms with van der Waals surface area (Å²) in [5.74, 6) is 1.65. The summed E-state index contributed by atoms with van der Waals surface area (Å²) in [6.45, 7) is 8.24. The molecule has 0 fully saturated rings. The van der Waals surface area contributed by atoms with Crippen LogP contribution in [0.5, 0.6) is 0 Å². The summed E-state index contributed by atoms with van der Waals surface area (Å²) in [5.41, 5.74) is 20.6. The number of rotatable bonds is 10. The quantitative estimate of drug-likeness (QED) is 0.128. The molecular weight excluding hydrogens is 1110 g/mol. The molecule has 0 bridgehead atoms. The van der Waals surface area contributed by atoms with Crippen LogP contribution in [-0.2, 0) is 0 Å². The third-order valence-electron chi connectivity index (χ3n) is 17.8. The van der Waals surface area contributed by atoms with Crippen molar-refractivity contribution >= 4 is 71.1 Å². The Kier molecular flexibility index (Phi) is 12.5. The van der Waals surface area contributed by atoms with Gasteiger partial charge in [0.05, 0.1) is 57.0 Å². The maximum Gasteiger partial charge on any atom is 0.194 e. The van der Waals surface area contributed by atoms with E-state index in [2.05, 4.69) is 219 Å². The van der Waals surface area contributed by atoms with Gasteiger partial charge >= 0.3 is 0 Å². The van der Waals surface area contributed by atoms with Gasteiger partial charge < -0.3 is 13.7 Å². The van der Waals surface area contributed by atoms with Crippen molar-refractivity contribution in [2.45, 2.75) is 0 Å². The molecule has 8 heteroatoms. The van der Waals surface area contributed by atoms with E-state index < -0.39 is 0 Å². The van der Waals surface area contributed by atoms with Crippen LogP contribution in [0.15, 0.2) is 303 Å². The van der Waals surface area contributed by atoms with Crippen molar-refractivity contribution in [1.29, 1.82) is 5.26 Å². The normalized spacial score (nSPS) is 11.5. The molecule has 0 aliphatic rings. The first-order valence-corrected chi connectivity index (χ1v) is 30.3. The van der Waals surface area contributed by atoms with Crippen molar-refractivity contribution in [3.63, 3.8) is 0 Å². The van der Waals surface area contributed by atoms with Gasteiger partial charge in [-0.2, -0.15) is 5.26 Å². The molecule has 0 aliphatic carbocycles. The first-order chi connectivity index (χ1) is 45.0. The van der Waals surface area contributed by atoms with Crippen LogP contribution in [0.25, 0.3) is 166 Å². The summed E-state index contributed by atoms with van der Waals surface area (Å²) in [7, 11) is 0. The maximum absolute atomic E-state index is 10.5. The van der Waals surface area contributed by atoms with Gasteiger partial charge in [0.25, 0.3) is 0 Å². The predicted octanol–water partition coefficient (Wildman–Crippen LogP) is 21.3. The van der Waals surface area contributed by atoms with Crippen molar-refractivity contribution in [1.82, 2.24) is 28.7 Å². The summed E-state index contributed by atoms with van der Waals surface area (Å²) in [4.78, 5) is 19.9. The standard InChI is InChI=1S/C83H50N8/c1-85-73-31-15-10-26-64(73)58-41-47-79-72(49-58)71-48-57(63-25-9-8-24-59(63)52-84)40-46-78(71)91(79)80-69(53-36-42-61(43-37-53)89-74-32-16-11-27-65(74)66-28-12-17-33-75(66)89)50-60(83-87-81(55-20-4-2-5-21-55)86-82(88-83)56-22-6-3-7-23-56)51-70(80)54-38-44-62(45-39-54)90-76-34-18-13-29-67(76)68-30-14-19-35-77(68)90/h2-51H. The highest BCUT2D eigenvalue weighted by Crippen LogP contribution is 2.47. The number of fused-ring (bicyclic) bond motifs is 9. The molecule has 0 spiro atoms. The minimum absolute atomic E-state index is 0.525. The zero-order chi connectivity index (χ0) is 60.5. The van der Waals surface area contributed by atoms with E-state index >= 15 is 0 Å². The second kappa shape index (κ2) is 21.6. The monoisotopic (exact) mass is 1160 g/mol. The molecule has 17 rings (SSSR count). The zero-order valence-corrected chi connectivity index (χ0v) is 48.9. The highest BCUT2D eigenvalue weighted by atomic mass is 15.0. The number of hydrogen-bond donors (Lipinski definition) is 0. The molecule has 0 atom stereocenters. The second-order valence-corrected chi connectivity index (χ2v) is 22.9. The summed E-state index contributed by atoms with van der Waals surface area (Å²) in [6.07, 6.45) is 0. The number of nitriles is 1. The van der Waals surface area contributed by atoms with Crippen molar-refractivity contribution in [3.8, 4) is 102 Å². The van der Waals surface area contributed by atoms with Crippen LogP contribution in [0, 0.1) is 17.9 Å². The fourth-order valence-corrected chi connectivity index (χ4v) is 13.6. The molecule has 4 aromatic heterocycles. The average Bonchev–Trinajstić information content (AvgIpc) is 1.65. The first kappa shape index (κ1) is 52.6. The fourth-order valence-electron chi connectivity index (χ4n) is 13.6. The van der Waals surface area contributed by atoms with Crippen LogP contribution in [0.1, 0.15) is 5.56 Å². The Morgan fingerprint density at radius 3 is 1.10 bits per heavy atom. The minimum Gasteiger partial charge on any atom is -0.309 e. The molecule has 17 aromatic rings. The Balaban J connectivity index is 0.984. The third kappa shape index (κ3) is 8.78. The molecule has 0 aliphatic heterocycles. The predicted molar refractivity (Wildman–Crippen MR) is 372 cm³/mol. The van der Waals surface area contributed by atoms with Gasteiger partial charge in [0.2, 0.25) is 0 Å². The summed E-state index contributed by atoms with van der Waals surface area (Å²) < 4.78 is 7.13. The molecule has 0 unspecified atom stereocenters. The molecule has 0 amide bonds. The van der Waals surface area contributed by atoms with E-state index in [4.69, 9.17) is 21.5 Å². The maximum atomic E-state index is 10.5. The summed E-state index contributed by atoms with van der Waals surface area (Å²) in [6, 6.07) is 108. The Morgan fingerprint density at radius 2 is 0.648 bits per heavy atom. The van der Waals surface area contributed by atoms with Gasteiger partial charge in [0, 0.05) is 71.5 Å². The van der Waals surface area contributed by atoms with Crippen LogP contribution in [0.3, 0.4) is 0 Å². The minimum atomic E-state index is 0.525. The Hall–Kier alpha value is -12.8. The van der Waals surface area contributed by atoms with Gasteiger partial charge in [-0.1, -0.05) is 212 Å². The van der Waals surface area contributed by atoms with E-state index in [1.54, 1.807) is 0 Å². The molecule has 0 N–H and O–H groups in total. The van der Waals surface area contributed by atoms with Crippen LogP contribution in [-0.4, -0.2) is 28.7 Å². The van der Waals surface area contributed by atoms with Gasteiger partial charge in [0.15, 0.2) is 23.2 Å². The van der Waals surface area contributed by atoms with Crippen LogP contribution >= 0.6 is 0 Å². The molecule has 91 heavy (non-hydrogen) atoms. The number of nitrogens with zero attached hydrogens (tertiary/aromatic N) is 8. The lowest BCUT2D eigenvalue weighted by molar-refractivity contribution is 1.07. The average molecular weight is 1160 g/mol. The van der Waals surface area contributed by atoms with E-state index in [9.17, 15) is 5.26 Å². The lowest BCUT2D eigenvalue weighted by Gasteiger charge is -2.22. The third-order valence-corrected chi connectivity index (χ3v) is 17.8. The Bertz CT molecular complexity index is 5380. The number of para-hydroxylation sites is 5. The molecule has 0 saturated carbocycles. The van der Waals surface area contributed by atoms with E-state index in [1.165, 1.54) is 21.5 Å². The molecule has 422 valence electrons. The van der Waals surface area contributed by atoms with E-state index in [1.807, 2.05) is 109 Å². The highest BCUT2D eigenvalue weighted by molar-refractivity contribution is 6.14. The zero-order valence-electron chi connectivity index (χ0n) is 48.9. The largest absolute Gasteiger partial charge is 0.309 e. The highest BCUT2D eigenvalue weighted by Gasteiger charge is 2.26. The molecule has 0 radical (unpaired) electrons. The molecule has 0 saturated heterocycles. The topological polar surface area (TPSA) is 81.6 Å². The van der Waals surface area contributed by atoms with Gasteiger partial charge in [-0.15, -0.1) is 0 Å². The molecule has 4 heterocycles. The van der Waals surface area contributed by atoms with Gasteiger partial charge in [-0.3, -0.25) is 0 Å². The first-order valence-electron chi connectivity index (χ1n) is 30.3. The van der Waals surface area contributed by atoms with Gasteiger partial charge in [0.1, 0.15) is 0 Å². The summed E-state index contributed by atoms with van der Waals surface area (Å²) in [5, 5.41) is 17.2. The van der Waals surface area contributed by atoms with Crippen molar-refractivity contribution in [2.24, 2.45) is 0 Å². The lowest BCUT2D eigenvalue weighted by atomic mass is 9.92. The Labute approximate surface area is 524 Å². The Morgan fingerprint density at radius 1 is 0.286 bits per heavy atom. The van der Waals surface area contributed by atoms with Crippen molar-refractivity contribution in [3.05, 3.63) is 320 Å². The molecule has 13 aromatic carbocycles. The molecular formula is C83H50N8. The smallest absolute Gasteiger partial charge is 0.194 e. The van der Waals surface area contributed by atoms with Gasteiger partial charge in [-0.25, -0.2) is 19.8 Å². The number of benzene rings is 13. The van der Waals surface area contributed by atoms with Crippen LogP contribution in [0.4, 0.5) is 5.69 Å². The lowest BCUT2D eigenvalue weighted by Crippen LogP contribution is -2.04. The second-order valence-electron chi connectivity index (χ2n) is 22.9. The van der Waals surface area contributed by atoms with Crippen molar-refractivity contribution in [2.75, 3.05) is 0 Å². The number of aromatic nitrogens is 6. The number of hydrogen-bond acceptors (Lipinski definition) is 4. The van der Waals surface area contributed by atoms with E-state index in [0.29, 0.717) is 28.7 Å². The SMILES string of the molecule is [C-]#[N+]c1ccccc1-c1ccc2c(c1)c1cc(-c3ccccc3C#N)ccc1n2-c1c(-c2ccc(-n3c4ccccc4c4ccccc43)cc2)cc(-c2nc(-c3ccccc3)nc(-c3ccccc3)n2)cc1-c1ccc(-n2c3ccccc3c3ccccc32)cc1.